The largest absolute Gasteiger partial charge is 0.489 e. The average molecular weight is 353 g/mol. The van der Waals surface area contributed by atoms with Gasteiger partial charge in [-0.05, 0) is 42.2 Å². The number of nitrogens with two attached hydrogens (primary N) is 1. The van der Waals surface area contributed by atoms with E-state index in [4.69, 9.17) is 10.5 Å². The van der Waals surface area contributed by atoms with E-state index in [-0.39, 0.29) is 6.04 Å². The Balaban J connectivity index is 1.84. The molecule has 3 rings (SSSR count). The summed E-state index contributed by atoms with van der Waals surface area (Å²) in [6.45, 7) is 6.90. The molecular formula is C21H24N2OS. The Bertz CT molecular complexity index is 825. The van der Waals surface area contributed by atoms with Gasteiger partial charge >= 0.3 is 0 Å². The van der Waals surface area contributed by atoms with Crippen molar-refractivity contribution in [1.82, 2.24) is 4.98 Å². The molecule has 1 aromatic heterocycles. The zero-order valence-corrected chi connectivity index (χ0v) is 15.7. The van der Waals surface area contributed by atoms with Gasteiger partial charge in [-0.25, -0.2) is 4.98 Å². The van der Waals surface area contributed by atoms with E-state index >= 15 is 0 Å². The van der Waals surface area contributed by atoms with Crippen LogP contribution in [-0.4, -0.2) is 4.98 Å². The summed E-state index contributed by atoms with van der Waals surface area (Å²) < 4.78 is 6.08. The van der Waals surface area contributed by atoms with E-state index in [0.717, 1.165) is 22.0 Å². The fourth-order valence-corrected chi connectivity index (χ4v) is 3.44. The molecule has 0 amide bonds. The number of benzene rings is 2. The smallest absolute Gasteiger partial charge is 0.123 e. The Hall–Kier alpha value is -2.17. The molecule has 2 N–H and O–H groups in total. The van der Waals surface area contributed by atoms with Crippen LogP contribution in [0.25, 0.3) is 11.3 Å². The lowest BCUT2D eigenvalue weighted by Crippen LogP contribution is -2.04. The maximum atomic E-state index is 6.08. The lowest BCUT2D eigenvalue weighted by molar-refractivity contribution is 0.302. The van der Waals surface area contributed by atoms with Crippen molar-refractivity contribution in [2.24, 2.45) is 5.73 Å². The van der Waals surface area contributed by atoms with Gasteiger partial charge in [0, 0.05) is 10.9 Å². The van der Waals surface area contributed by atoms with E-state index < -0.39 is 0 Å². The van der Waals surface area contributed by atoms with Gasteiger partial charge in [-0.2, -0.15) is 0 Å². The molecule has 2 aromatic carbocycles. The van der Waals surface area contributed by atoms with Gasteiger partial charge in [0.2, 0.25) is 0 Å². The van der Waals surface area contributed by atoms with E-state index in [1.807, 2.05) is 25.1 Å². The SMILES string of the molecule is CC(C)c1cc(-c2csc(C(C)N)n2)ccc1OCc1ccccc1. The molecule has 0 saturated heterocycles. The molecule has 1 unspecified atom stereocenters. The quantitative estimate of drug-likeness (QED) is 0.634. The standard InChI is InChI=1S/C21H24N2OS/c1-14(2)18-11-17(19-13-25-21(23-19)15(3)22)9-10-20(18)24-12-16-7-5-4-6-8-16/h4-11,13-15H,12,22H2,1-3H3. The molecule has 130 valence electrons. The predicted molar refractivity (Wildman–Crippen MR) is 105 cm³/mol. The Kier molecular flexibility index (Phi) is 5.51. The fraction of sp³-hybridized carbons (Fsp3) is 0.286. The summed E-state index contributed by atoms with van der Waals surface area (Å²) in [6.07, 6.45) is 0. The van der Waals surface area contributed by atoms with Crippen LogP contribution in [0.4, 0.5) is 0 Å². The minimum atomic E-state index is -0.0307. The third-order valence-electron chi connectivity index (χ3n) is 4.08. The maximum Gasteiger partial charge on any atom is 0.123 e. The van der Waals surface area contributed by atoms with Gasteiger partial charge in [-0.1, -0.05) is 44.2 Å². The van der Waals surface area contributed by atoms with Crippen LogP contribution < -0.4 is 10.5 Å². The molecule has 0 aliphatic rings. The van der Waals surface area contributed by atoms with Crippen molar-refractivity contribution < 1.29 is 4.74 Å². The van der Waals surface area contributed by atoms with E-state index in [2.05, 4.69) is 54.5 Å². The zero-order valence-electron chi connectivity index (χ0n) is 14.9. The number of thiazole rings is 1. The highest BCUT2D eigenvalue weighted by atomic mass is 32.1. The molecule has 1 heterocycles. The first-order valence-electron chi connectivity index (χ1n) is 8.56. The second-order valence-corrected chi connectivity index (χ2v) is 7.43. The Labute approximate surface area is 153 Å². The second kappa shape index (κ2) is 7.81. The van der Waals surface area contributed by atoms with E-state index in [1.165, 1.54) is 11.1 Å². The average Bonchev–Trinajstić information content (AvgIpc) is 3.11. The molecule has 3 aromatic rings. The summed E-state index contributed by atoms with van der Waals surface area (Å²) in [6, 6.07) is 16.5. The summed E-state index contributed by atoms with van der Waals surface area (Å²) in [4.78, 5) is 4.66. The number of ether oxygens (including phenoxy) is 1. The monoisotopic (exact) mass is 352 g/mol. The van der Waals surface area contributed by atoms with E-state index in [9.17, 15) is 0 Å². The van der Waals surface area contributed by atoms with Gasteiger partial charge in [0.05, 0.1) is 11.7 Å². The molecule has 25 heavy (non-hydrogen) atoms. The van der Waals surface area contributed by atoms with Crippen LogP contribution in [0, 0.1) is 0 Å². The van der Waals surface area contributed by atoms with Crippen LogP contribution in [-0.2, 0) is 6.61 Å². The van der Waals surface area contributed by atoms with Gasteiger partial charge in [0.25, 0.3) is 0 Å². The Morgan fingerprint density at radius 3 is 2.48 bits per heavy atom. The topological polar surface area (TPSA) is 48.1 Å². The van der Waals surface area contributed by atoms with Gasteiger partial charge in [-0.15, -0.1) is 11.3 Å². The molecule has 0 radical (unpaired) electrons. The third-order valence-corrected chi connectivity index (χ3v) is 5.12. The van der Waals surface area contributed by atoms with Gasteiger partial charge in [0.15, 0.2) is 0 Å². The molecule has 1 atom stereocenters. The van der Waals surface area contributed by atoms with E-state index in [1.54, 1.807) is 11.3 Å². The van der Waals surface area contributed by atoms with E-state index in [0.29, 0.717) is 12.5 Å². The molecule has 0 spiro atoms. The number of aromatic nitrogens is 1. The maximum absolute atomic E-state index is 6.08. The molecular weight excluding hydrogens is 328 g/mol. The van der Waals surface area contributed by atoms with Crippen LogP contribution in [0.1, 0.15) is 48.9 Å². The normalized spacial score (nSPS) is 12.4. The summed E-state index contributed by atoms with van der Waals surface area (Å²) in [5.74, 6) is 1.31. The van der Waals surface area contributed by atoms with Crippen molar-refractivity contribution in [1.29, 1.82) is 0 Å². The Morgan fingerprint density at radius 2 is 1.84 bits per heavy atom. The van der Waals surface area contributed by atoms with Crippen molar-refractivity contribution in [3.8, 4) is 17.0 Å². The highest BCUT2D eigenvalue weighted by Gasteiger charge is 2.13. The van der Waals surface area contributed by atoms with Crippen molar-refractivity contribution in [2.75, 3.05) is 0 Å². The predicted octanol–water partition coefficient (Wildman–Crippen LogP) is 5.53. The van der Waals surface area contributed by atoms with Crippen LogP contribution >= 0.6 is 11.3 Å². The van der Waals surface area contributed by atoms with Crippen molar-refractivity contribution in [3.63, 3.8) is 0 Å². The first kappa shape index (κ1) is 17.6. The number of rotatable bonds is 6. The van der Waals surface area contributed by atoms with Crippen LogP contribution in [0.3, 0.4) is 0 Å². The molecule has 3 nitrogen and oxygen atoms in total. The minimum absolute atomic E-state index is 0.0307. The highest BCUT2D eigenvalue weighted by Crippen LogP contribution is 2.33. The van der Waals surface area contributed by atoms with Crippen LogP contribution in [0.2, 0.25) is 0 Å². The van der Waals surface area contributed by atoms with Gasteiger partial charge in [-0.3, -0.25) is 0 Å². The van der Waals surface area contributed by atoms with Crippen LogP contribution in [0.15, 0.2) is 53.9 Å². The fourth-order valence-electron chi connectivity index (χ4n) is 2.66. The molecule has 0 fully saturated rings. The molecule has 4 heteroatoms. The second-order valence-electron chi connectivity index (χ2n) is 6.54. The molecule has 0 saturated carbocycles. The van der Waals surface area contributed by atoms with Crippen molar-refractivity contribution in [2.45, 2.75) is 39.3 Å². The first-order valence-corrected chi connectivity index (χ1v) is 9.44. The van der Waals surface area contributed by atoms with Gasteiger partial charge in [0.1, 0.15) is 17.4 Å². The molecule has 0 aliphatic heterocycles. The van der Waals surface area contributed by atoms with Crippen LogP contribution in [0.5, 0.6) is 5.75 Å². The molecule has 0 aliphatic carbocycles. The number of hydrogen-bond donors (Lipinski definition) is 1. The molecule has 0 bridgehead atoms. The highest BCUT2D eigenvalue weighted by molar-refractivity contribution is 7.10. The lowest BCUT2D eigenvalue weighted by Gasteiger charge is -2.15. The van der Waals surface area contributed by atoms with Gasteiger partial charge < -0.3 is 10.5 Å². The summed E-state index contributed by atoms with van der Waals surface area (Å²) in [7, 11) is 0. The minimum Gasteiger partial charge on any atom is -0.489 e. The zero-order chi connectivity index (χ0) is 17.8. The summed E-state index contributed by atoms with van der Waals surface area (Å²) in [5, 5.41) is 3.04. The summed E-state index contributed by atoms with van der Waals surface area (Å²) in [5.41, 5.74) is 10.4. The summed E-state index contributed by atoms with van der Waals surface area (Å²) >= 11 is 1.61. The number of nitrogens with zero attached hydrogens (tertiary/aromatic N) is 1. The first-order chi connectivity index (χ1) is 12.0. The van der Waals surface area contributed by atoms with Crippen molar-refractivity contribution in [3.05, 3.63) is 70.0 Å². The lowest BCUT2D eigenvalue weighted by atomic mass is 9.98. The third kappa shape index (κ3) is 4.27. The Morgan fingerprint density at radius 1 is 1.08 bits per heavy atom. The van der Waals surface area contributed by atoms with Crippen molar-refractivity contribution >= 4 is 11.3 Å². The number of hydrogen-bond acceptors (Lipinski definition) is 4.